The smallest absolute Gasteiger partial charge is 0.227 e. The molecule has 0 bridgehead atoms. The Morgan fingerprint density at radius 2 is 1.81 bits per heavy atom. The predicted octanol–water partition coefficient (Wildman–Crippen LogP) is 5.38. The molecule has 37 heavy (non-hydrogen) atoms. The van der Waals surface area contributed by atoms with Crippen molar-refractivity contribution in [2.75, 3.05) is 30.4 Å². The number of methoxy groups -OCH3 is 1. The van der Waals surface area contributed by atoms with Crippen LogP contribution in [0.4, 0.5) is 11.5 Å². The molecule has 0 unspecified atom stereocenters. The maximum Gasteiger partial charge on any atom is 0.227 e. The Bertz CT molecular complexity index is 1490. The molecule has 1 aliphatic rings. The molecule has 1 amide bonds. The molecule has 6 rings (SSSR count). The number of nitrogens with one attached hydrogen (secondary N) is 1. The number of fused-ring (bicyclic) bond motifs is 1. The fraction of sp³-hybridized carbons (Fsp3) is 0.214. The van der Waals surface area contributed by atoms with Crippen molar-refractivity contribution in [1.82, 2.24) is 19.6 Å². The number of para-hydroxylation sites is 1. The zero-order chi connectivity index (χ0) is 25.2. The molecule has 0 aliphatic carbocycles. The van der Waals surface area contributed by atoms with Crippen LogP contribution in [0.2, 0.25) is 0 Å². The summed E-state index contributed by atoms with van der Waals surface area (Å²) in [5.41, 5.74) is 4.44. The van der Waals surface area contributed by atoms with E-state index in [0.29, 0.717) is 0 Å². The third kappa shape index (κ3) is 4.77. The third-order valence-corrected chi connectivity index (χ3v) is 7.54. The molecule has 1 aliphatic heterocycles. The van der Waals surface area contributed by atoms with Crippen LogP contribution in [0.3, 0.4) is 0 Å². The fourth-order valence-corrected chi connectivity index (χ4v) is 5.40. The van der Waals surface area contributed by atoms with Gasteiger partial charge in [-0.1, -0.05) is 24.3 Å². The zero-order valence-corrected chi connectivity index (χ0v) is 21.2. The van der Waals surface area contributed by atoms with Crippen molar-refractivity contribution in [2.45, 2.75) is 12.8 Å². The van der Waals surface area contributed by atoms with Crippen molar-refractivity contribution in [3.05, 3.63) is 78.4 Å². The Morgan fingerprint density at radius 1 is 1.00 bits per heavy atom. The highest BCUT2D eigenvalue weighted by Crippen LogP contribution is 2.29. The average Bonchev–Trinajstić information content (AvgIpc) is 3.57. The summed E-state index contributed by atoms with van der Waals surface area (Å²) in [6, 6.07) is 19.6. The van der Waals surface area contributed by atoms with Crippen LogP contribution in [-0.4, -0.2) is 45.7 Å². The number of hydrogen-bond donors (Lipinski definition) is 1. The number of anilines is 2. The van der Waals surface area contributed by atoms with Crippen molar-refractivity contribution < 1.29 is 9.53 Å². The number of piperidine rings is 1. The van der Waals surface area contributed by atoms with Gasteiger partial charge in [-0.15, -0.1) is 21.5 Å². The summed E-state index contributed by atoms with van der Waals surface area (Å²) in [5.74, 6) is 1.63. The average molecular weight is 511 g/mol. The Kier molecular flexibility index (Phi) is 6.28. The maximum atomic E-state index is 12.9. The van der Waals surface area contributed by atoms with E-state index in [1.165, 1.54) is 0 Å². The highest BCUT2D eigenvalue weighted by molar-refractivity contribution is 7.15. The van der Waals surface area contributed by atoms with E-state index in [0.717, 1.165) is 70.7 Å². The van der Waals surface area contributed by atoms with Gasteiger partial charge >= 0.3 is 0 Å². The third-order valence-electron chi connectivity index (χ3n) is 6.76. The van der Waals surface area contributed by atoms with Gasteiger partial charge in [-0.25, -0.2) is 4.98 Å². The predicted molar refractivity (Wildman–Crippen MR) is 146 cm³/mol. The molecule has 1 saturated heterocycles. The molecule has 0 spiro atoms. The lowest BCUT2D eigenvalue weighted by atomic mass is 9.95. The van der Waals surface area contributed by atoms with E-state index in [-0.39, 0.29) is 11.8 Å². The minimum absolute atomic E-state index is 0.0309. The first kappa shape index (κ1) is 23.2. The Morgan fingerprint density at radius 3 is 2.54 bits per heavy atom. The number of hydrogen-bond acceptors (Lipinski definition) is 7. The summed E-state index contributed by atoms with van der Waals surface area (Å²) in [6.45, 7) is 1.52. The van der Waals surface area contributed by atoms with Gasteiger partial charge < -0.3 is 15.0 Å². The minimum Gasteiger partial charge on any atom is -0.496 e. The normalized spacial score (nSPS) is 14.1. The van der Waals surface area contributed by atoms with Crippen molar-refractivity contribution >= 4 is 33.7 Å². The van der Waals surface area contributed by atoms with Gasteiger partial charge in [0.2, 0.25) is 5.91 Å². The van der Waals surface area contributed by atoms with Crippen LogP contribution in [0.5, 0.6) is 5.75 Å². The second-order valence-corrected chi connectivity index (χ2v) is 9.90. The number of nitrogens with zero attached hydrogens (tertiary/aromatic N) is 5. The summed E-state index contributed by atoms with van der Waals surface area (Å²) >= 11 is 1.61. The second-order valence-electron chi connectivity index (χ2n) is 9.02. The number of imidazole rings is 1. The zero-order valence-electron chi connectivity index (χ0n) is 20.4. The summed E-state index contributed by atoms with van der Waals surface area (Å²) in [5, 5.41) is 14.0. The Labute approximate surface area is 218 Å². The number of amides is 1. The molecule has 9 heteroatoms. The van der Waals surface area contributed by atoms with Crippen LogP contribution in [0.15, 0.2) is 78.4 Å². The van der Waals surface area contributed by atoms with E-state index in [2.05, 4.69) is 25.4 Å². The highest BCUT2D eigenvalue weighted by atomic mass is 32.1. The number of carbonyl (C=O) groups excluding carboxylic acids is 1. The first-order chi connectivity index (χ1) is 18.2. The van der Waals surface area contributed by atoms with Crippen molar-refractivity contribution in [3.63, 3.8) is 0 Å². The van der Waals surface area contributed by atoms with E-state index in [1.54, 1.807) is 18.4 Å². The molecule has 0 radical (unpaired) electrons. The van der Waals surface area contributed by atoms with Gasteiger partial charge in [-0.05, 0) is 49.2 Å². The van der Waals surface area contributed by atoms with Crippen LogP contribution < -0.4 is 15.0 Å². The molecule has 8 nitrogen and oxygen atoms in total. The quantitative estimate of drug-likeness (QED) is 0.330. The molecule has 3 aromatic heterocycles. The van der Waals surface area contributed by atoms with Gasteiger partial charge in [0.15, 0.2) is 10.8 Å². The molecule has 1 N–H and O–H groups in total. The van der Waals surface area contributed by atoms with E-state index >= 15 is 0 Å². The first-order valence-corrected chi connectivity index (χ1v) is 13.1. The van der Waals surface area contributed by atoms with E-state index in [1.807, 2.05) is 82.8 Å². The molecule has 186 valence electrons. The minimum atomic E-state index is -0.0309. The molecule has 5 aromatic rings. The van der Waals surface area contributed by atoms with Gasteiger partial charge in [0.05, 0.1) is 18.5 Å². The summed E-state index contributed by atoms with van der Waals surface area (Å²) in [7, 11) is 1.65. The fourth-order valence-electron chi connectivity index (χ4n) is 4.70. The number of ether oxygens (including phenoxy) is 1. The Balaban J connectivity index is 1.04. The van der Waals surface area contributed by atoms with Crippen LogP contribution in [0.25, 0.3) is 27.5 Å². The topological polar surface area (TPSA) is 84.7 Å². The number of carbonyl (C=O) groups is 1. The number of benzene rings is 2. The van der Waals surface area contributed by atoms with Gasteiger partial charge in [-0.3, -0.25) is 9.20 Å². The van der Waals surface area contributed by atoms with E-state index < -0.39 is 0 Å². The lowest BCUT2D eigenvalue weighted by molar-refractivity contribution is -0.120. The monoisotopic (exact) mass is 510 g/mol. The van der Waals surface area contributed by atoms with Crippen molar-refractivity contribution in [3.8, 4) is 28.3 Å². The summed E-state index contributed by atoms with van der Waals surface area (Å²) in [6.07, 6.45) is 5.56. The SMILES string of the molecule is COc1ccccc1-c1ccc(N2CCC(C(=O)Nc3ccc(-c4cn5ccsc5n4)cc3)CC2)nn1. The van der Waals surface area contributed by atoms with Crippen LogP contribution >= 0.6 is 11.3 Å². The second kappa shape index (κ2) is 10.0. The number of aromatic nitrogens is 4. The molecule has 0 saturated carbocycles. The van der Waals surface area contributed by atoms with Crippen LogP contribution in [-0.2, 0) is 4.79 Å². The Hall–Kier alpha value is -4.24. The number of rotatable bonds is 6. The van der Waals surface area contributed by atoms with Gasteiger partial charge in [0, 0.05) is 53.6 Å². The largest absolute Gasteiger partial charge is 0.496 e. The standard InChI is InChI=1S/C28H26N6O2S/c1-36-25-5-3-2-4-22(25)23-10-11-26(32-31-23)33-14-12-20(13-15-33)27(35)29-21-8-6-19(7-9-21)24-18-34-16-17-37-28(34)30-24/h2-11,16-18,20H,12-15H2,1H3,(H,29,35). The van der Waals surface area contributed by atoms with Crippen molar-refractivity contribution in [2.24, 2.45) is 5.92 Å². The molecular weight excluding hydrogens is 484 g/mol. The highest BCUT2D eigenvalue weighted by Gasteiger charge is 2.26. The summed E-state index contributed by atoms with van der Waals surface area (Å²) in [4.78, 5) is 20.7. The first-order valence-electron chi connectivity index (χ1n) is 12.2. The van der Waals surface area contributed by atoms with Crippen LogP contribution in [0.1, 0.15) is 12.8 Å². The molecule has 0 atom stereocenters. The van der Waals surface area contributed by atoms with Crippen LogP contribution in [0, 0.1) is 5.92 Å². The van der Waals surface area contributed by atoms with E-state index in [4.69, 9.17) is 4.74 Å². The number of thiazole rings is 1. The lowest BCUT2D eigenvalue weighted by Gasteiger charge is -2.31. The maximum absolute atomic E-state index is 12.9. The van der Waals surface area contributed by atoms with Crippen molar-refractivity contribution in [1.29, 1.82) is 0 Å². The van der Waals surface area contributed by atoms with E-state index in [9.17, 15) is 4.79 Å². The molecule has 4 heterocycles. The summed E-state index contributed by atoms with van der Waals surface area (Å²) < 4.78 is 7.45. The molecular formula is C28H26N6O2S. The molecule has 1 fully saturated rings. The van der Waals surface area contributed by atoms with Gasteiger partial charge in [0.1, 0.15) is 5.75 Å². The van der Waals surface area contributed by atoms with Gasteiger partial charge in [-0.2, -0.15) is 0 Å². The van der Waals surface area contributed by atoms with Gasteiger partial charge in [0.25, 0.3) is 0 Å². The lowest BCUT2D eigenvalue weighted by Crippen LogP contribution is -2.38. The molecule has 2 aromatic carbocycles.